The number of benzene rings is 1. The molecule has 0 unspecified atom stereocenters. The van der Waals surface area contributed by atoms with Crippen LogP contribution in [0.4, 0.5) is 5.69 Å². The quantitative estimate of drug-likeness (QED) is 0.393. The molecule has 1 fully saturated rings. The Morgan fingerprint density at radius 1 is 1.07 bits per heavy atom. The van der Waals surface area contributed by atoms with Crippen LogP contribution in [0, 0.1) is 4.91 Å². The lowest BCUT2D eigenvalue weighted by Crippen LogP contribution is -2.66. The van der Waals surface area contributed by atoms with Crippen molar-refractivity contribution in [2.75, 3.05) is 5.01 Å². The Labute approximate surface area is 172 Å². The van der Waals surface area contributed by atoms with E-state index in [1.807, 2.05) is 0 Å². The van der Waals surface area contributed by atoms with E-state index in [0.717, 1.165) is 0 Å². The molecule has 0 aromatic heterocycles. The maximum absolute atomic E-state index is 12.5. The van der Waals surface area contributed by atoms with Gasteiger partial charge in [0.05, 0.1) is 0 Å². The lowest BCUT2D eigenvalue weighted by molar-refractivity contribution is -0.145. The first-order valence-corrected chi connectivity index (χ1v) is 9.28. The van der Waals surface area contributed by atoms with Crippen molar-refractivity contribution in [3.63, 3.8) is 0 Å². The number of hydrogen-bond donors (Lipinski definition) is 3. The molecule has 0 aliphatic carbocycles. The van der Waals surface area contributed by atoms with Gasteiger partial charge < -0.3 is 16.0 Å². The summed E-state index contributed by atoms with van der Waals surface area (Å²) in [6.07, 6.45) is -0.0735. The molecule has 11 heteroatoms. The zero-order valence-electron chi connectivity index (χ0n) is 16.8. The molecule has 1 saturated heterocycles. The number of nitrogens with zero attached hydrogens (tertiary/aromatic N) is 2. The summed E-state index contributed by atoms with van der Waals surface area (Å²) in [6.45, 7) is 3.99. The van der Waals surface area contributed by atoms with E-state index in [1.54, 1.807) is 18.2 Å². The SMILES string of the molecule is C[C@H](NC(=O)[C@]1(C)NC(=O)CCC1=O)C(=O)N[C@@H](C)C(=O)N([N+]=O)c1ccccc1. The highest BCUT2D eigenvalue weighted by Gasteiger charge is 2.45. The summed E-state index contributed by atoms with van der Waals surface area (Å²) < 4.78 is 0. The summed E-state index contributed by atoms with van der Waals surface area (Å²) in [6, 6.07) is 5.71. The van der Waals surface area contributed by atoms with Gasteiger partial charge in [-0.1, -0.05) is 18.2 Å². The highest BCUT2D eigenvalue weighted by atomic mass is 16.3. The van der Waals surface area contributed by atoms with Gasteiger partial charge in [0.1, 0.15) is 22.7 Å². The molecule has 2 rings (SSSR count). The molecule has 1 radical (unpaired) electrons. The van der Waals surface area contributed by atoms with Crippen molar-refractivity contribution in [1.29, 1.82) is 0 Å². The van der Waals surface area contributed by atoms with Crippen LogP contribution in [0.5, 0.6) is 0 Å². The molecule has 1 heterocycles. The number of nitroso groups, excluding NO2 is 1. The van der Waals surface area contributed by atoms with Gasteiger partial charge in [-0.15, -0.1) is 0 Å². The smallest absolute Gasteiger partial charge is 0.343 e. The van der Waals surface area contributed by atoms with Crippen LogP contribution in [0.1, 0.15) is 33.6 Å². The summed E-state index contributed by atoms with van der Waals surface area (Å²) in [5.74, 6) is -3.23. The molecule has 3 atom stereocenters. The van der Waals surface area contributed by atoms with Crippen LogP contribution < -0.4 is 26.2 Å². The third-order valence-corrected chi connectivity index (χ3v) is 4.74. The fraction of sp³-hybridized carbons (Fsp3) is 0.421. The number of anilines is 1. The molecule has 159 valence electrons. The van der Waals surface area contributed by atoms with Crippen molar-refractivity contribution in [3.05, 3.63) is 35.2 Å². The Kier molecular flexibility index (Phi) is 6.98. The van der Waals surface area contributed by atoms with Crippen LogP contribution in [0.15, 0.2) is 30.3 Å². The van der Waals surface area contributed by atoms with Gasteiger partial charge in [0.25, 0.3) is 5.91 Å². The summed E-state index contributed by atoms with van der Waals surface area (Å²) >= 11 is 0. The highest BCUT2D eigenvalue weighted by Crippen LogP contribution is 2.16. The largest absolute Gasteiger partial charge is 0.494 e. The van der Waals surface area contributed by atoms with E-state index in [0.29, 0.717) is 5.01 Å². The normalized spacial score (nSPS) is 20.4. The lowest BCUT2D eigenvalue weighted by Gasteiger charge is -2.32. The van der Waals surface area contributed by atoms with E-state index >= 15 is 0 Å². The third-order valence-electron chi connectivity index (χ3n) is 4.74. The number of hydrogen-bond acceptors (Lipinski definition) is 7. The second kappa shape index (κ2) is 9.25. The van der Waals surface area contributed by atoms with Crippen LogP contribution in [0.3, 0.4) is 0 Å². The molecule has 30 heavy (non-hydrogen) atoms. The predicted molar refractivity (Wildman–Crippen MR) is 105 cm³/mol. The molecular formula is C19H23N5O6+. The molecule has 11 nitrogen and oxygen atoms in total. The maximum atomic E-state index is 12.5. The summed E-state index contributed by atoms with van der Waals surface area (Å²) in [7, 11) is 0. The van der Waals surface area contributed by atoms with E-state index in [4.69, 9.17) is 0 Å². The Balaban J connectivity index is 2.00. The highest BCUT2D eigenvalue weighted by molar-refractivity contribution is 6.15. The van der Waals surface area contributed by atoms with Gasteiger partial charge in [-0.3, -0.25) is 24.0 Å². The second-order valence-corrected chi connectivity index (χ2v) is 7.09. The van der Waals surface area contributed by atoms with Crippen molar-refractivity contribution in [1.82, 2.24) is 21.2 Å². The molecule has 1 aliphatic rings. The van der Waals surface area contributed by atoms with Crippen molar-refractivity contribution in [2.45, 2.75) is 51.2 Å². The van der Waals surface area contributed by atoms with Gasteiger partial charge in [-0.25, -0.2) is 0 Å². The van der Waals surface area contributed by atoms with Crippen LogP contribution >= 0.6 is 0 Å². The predicted octanol–water partition coefficient (Wildman–Crippen LogP) is -0.716. The minimum atomic E-state index is -1.77. The molecular weight excluding hydrogens is 394 g/mol. The van der Waals surface area contributed by atoms with Gasteiger partial charge in [-0.05, 0) is 32.9 Å². The maximum Gasteiger partial charge on any atom is 0.494 e. The number of rotatable bonds is 7. The van der Waals surface area contributed by atoms with Crippen molar-refractivity contribution < 1.29 is 24.0 Å². The van der Waals surface area contributed by atoms with E-state index in [-0.39, 0.29) is 18.5 Å². The Bertz CT molecular complexity index is 873. The second-order valence-electron chi connectivity index (χ2n) is 7.09. The number of carbonyl (C=O) groups excluding carboxylic acids is 5. The minimum absolute atomic E-state index is 0.0000507. The topological polar surface area (TPSA) is 156 Å². The van der Waals surface area contributed by atoms with E-state index in [9.17, 15) is 28.9 Å². The number of nitrogens with one attached hydrogen (secondary N) is 3. The van der Waals surface area contributed by atoms with Crippen LogP contribution in [-0.2, 0) is 24.0 Å². The summed E-state index contributed by atoms with van der Waals surface area (Å²) in [4.78, 5) is 72.1. The Morgan fingerprint density at radius 2 is 1.70 bits per heavy atom. The molecule has 0 saturated carbocycles. The Hall–Kier alpha value is -3.63. The average molecular weight is 417 g/mol. The van der Waals surface area contributed by atoms with Crippen molar-refractivity contribution in [3.8, 4) is 0 Å². The van der Waals surface area contributed by atoms with Crippen LogP contribution in [0.25, 0.3) is 0 Å². The van der Waals surface area contributed by atoms with E-state index < -0.39 is 47.0 Å². The number of amides is 4. The molecule has 1 aromatic carbocycles. The van der Waals surface area contributed by atoms with E-state index in [1.165, 1.54) is 32.9 Å². The molecule has 1 aliphatic heterocycles. The monoisotopic (exact) mass is 417 g/mol. The molecule has 4 amide bonds. The van der Waals surface area contributed by atoms with Gasteiger partial charge in [0.15, 0.2) is 11.3 Å². The number of piperidine rings is 1. The number of Topliss-reactive ketones (excluding diaryl/α,β-unsaturated/α-hetero) is 1. The minimum Gasteiger partial charge on any atom is -0.343 e. The van der Waals surface area contributed by atoms with Gasteiger partial charge in [0, 0.05) is 17.9 Å². The third kappa shape index (κ3) is 4.85. The first-order valence-electron chi connectivity index (χ1n) is 9.28. The van der Waals surface area contributed by atoms with E-state index in [2.05, 4.69) is 21.2 Å². The molecule has 3 N–H and O–H groups in total. The summed E-state index contributed by atoms with van der Waals surface area (Å²) in [5, 5.41) is 10.4. The number of ketones is 1. The molecule has 0 spiro atoms. The van der Waals surface area contributed by atoms with Crippen LogP contribution in [0.2, 0.25) is 0 Å². The molecule has 0 bridgehead atoms. The first kappa shape index (κ1) is 22.7. The fourth-order valence-corrected chi connectivity index (χ4v) is 2.85. The van der Waals surface area contributed by atoms with Gasteiger partial charge >= 0.3 is 11.2 Å². The summed E-state index contributed by atoms with van der Waals surface area (Å²) in [5.41, 5.74) is -1.53. The Morgan fingerprint density at radius 3 is 2.30 bits per heavy atom. The van der Waals surface area contributed by atoms with Gasteiger partial charge in [0.2, 0.25) is 11.8 Å². The van der Waals surface area contributed by atoms with Crippen molar-refractivity contribution >= 4 is 35.1 Å². The number of para-hydroxylation sites is 1. The standard InChI is InChI=1S/C19H23N5O6/c1-11(21-18(29)19(3)14(25)9-10-15(26)22-19)16(27)20-12(2)17(28)24(23-30)13-7-5-4-6-8-13/h4-8,11-12H,9-10H2,1-3H3,(H,20,27)(H,21,29)(H,22,26)/q+1/t11-,12-,19+/m0/s1. The number of carbonyl (C=O) groups is 5. The fourth-order valence-electron chi connectivity index (χ4n) is 2.85. The lowest BCUT2D eigenvalue weighted by atomic mass is 9.88. The average Bonchev–Trinajstić information content (AvgIpc) is 2.72. The van der Waals surface area contributed by atoms with Crippen molar-refractivity contribution in [2.24, 2.45) is 0 Å². The first-order chi connectivity index (χ1) is 14.1. The zero-order chi connectivity index (χ0) is 22.5. The van der Waals surface area contributed by atoms with Crippen LogP contribution in [-0.4, -0.2) is 47.0 Å². The zero-order valence-corrected chi connectivity index (χ0v) is 16.8. The molecule has 1 aromatic rings. The van der Waals surface area contributed by atoms with Gasteiger partial charge in [-0.2, -0.15) is 0 Å².